The highest BCUT2D eigenvalue weighted by Gasteiger charge is 2.26. The third kappa shape index (κ3) is 4.11. The summed E-state index contributed by atoms with van der Waals surface area (Å²) < 4.78 is 5.57. The molecule has 1 aliphatic heterocycles. The molecule has 2 atom stereocenters. The minimum Gasteiger partial charge on any atom is -0.492 e. The second kappa shape index (κ2) is 7.75. The van der Waals surface area contributed by atoms with Crippen LogP contribution in [0.3, 0.4) is 0 Å². The van der Waals surface area contributed by atoms with Crippen LogP contribution in [0, 0.1) is 0 Å². The molecule has 1 saturated heterocycles. The highest BCUT2D eigenvalue weighted by molar-refractivity contribution is 8.00. The van der Waals surface area contributed by atoms with E-state index in [0.717, 1.165) is 18.7 Å². The van der Waals surface area contributed by atoms with Crippen LogP contribution in [-0.2, 0) is 0 Å². The topological polar surface area (TPSA) is 34.2 Å². The maximum atomic E-state index is 5.57. The van der Waals surface area contributed by atoms with Gasteiger partial charge in [0, 0.05) is 17.5 Å². The van der Waals surface area contributed by atoms with Crippen LogP contribution >= 0.6 is 11.8 Å². The molecule has 2 heterocycles. The molecule has 106 valence electrons. The number of nitrogens with zero attached hydrogens (tertiary/aromatic N) is 1. The Morgan fingerprint density at radius 3 is 3.05 bits per heavy atom. The van der Waals surface area contributed by atoms with Gasteiger partial charge in [0.1, 0.15) is 5.75 Å². The van der Waals surface area contributed by atoms with Gasteiger partial charge in [0.05, 0.1) is 12.8 Å². The molecule has 1 aliphatic rings. The molecule has 0 amide bonds. The summed E-state index contributed by atoms with van der Waals surface area (Å²) in [5.41, 5.74) is 1.26. The van der Waals surface area contributed by atoms with Crippen LogP contribution < -0.4 is 10.1 Å². The van der Waals surface area contributed by atoms with Gasteiger partial charge in [-0.2, -0.15) is 11.8 Å². The fourth-order valence-electron chi connectivity index (χ4n) is 2.48. The van der Waals surface area contributed by atoms with Gasteiger partial charge in [-0.3, -0.25) is 4.98 Å². The molecular formula is C15H24N2OS. The highest BCUT2D eigenvalue weighted by atomic mass is 32.2. The lowest BCUT2D eigenvalue weighted by Gasteiger charge is -2.24. The average molecular weight is 280 g/mol. The van der Waals surface area contributed by atoms with Crippen LogP contribution in [0.25, 0.3) is 0 Å². The number of aromatic nitrogens is 1. The molecule has 0 saturated carbocycles. The zero-order chi connectivity index (χ0) is 13.5. The SMILES string of the molecule is CCCNC(c1cncc(OCC)c1)C1CCCS1. The van der Waals surface area contributed by atoms with Gasteiger partial charge in [0.15, 0.2) is 0 Å². The quantitative estimate of drug-likeness (QED) is 0.830. The summed E-state index contributed by atoms with van der Waals surface area (Å²) in [5, 5.41) is 4.35. The second-order valence-electron chi connectivity index (χ2n) is 4.87. The van der Waals surface area contributed by atoms with Crippen LogP contribution in [0.2, 0.25) is 0 Å². The van der Waals surface area contributed by atoms with Gasteiger partial charge in [-0.1, -0.05) is 6.92 Å². The summed E-state index contributed by atoms with van der Waals surface area (Å²) in [6.07, 6.45) is 7.57. The summed E-state index contributed by atoms with van der Waals surface area (Å²) >= 11 is 2.08. The van der Waals surface area contributed by atoms with Crippen LogP contribution in [0.4, 0.5) is 0 Å². The Morgan fingerprint density at radius 2 is 2.37 bits per heavy atom. The lowest BCUT2D eigenvalue weighted by molar-refractivity contribution is 0.337. The van der Waals surface area contributed by atoms with Crippen LogP contribution in [-0.4, -0.2) is 29.1 Å². The summed E-state index contributed by atoms with van der Waals surface area (Å²) in [6.45, 7) is 5.96. The third-order valence-electron chi connectivity index (χ3n) is 3.36. The zero-order valence-electron chi connectivity index (χ0n) is 11.9. The molecule has 1 N–H and O–H groups in total. The number of hydrogen-bond acceptors (Lipinski definition) is 4. The van der Waals surface area contributed by atoms with Gasteiger partial charge in [0.2, 0.25) is 0 Å². The summed E-state index contributed by atoms with van der Waals surface area (Å²) in [6, 6.07) is 2.54. The summed E-state index contributed by atoms with van der Waals surface area (Å²) in [7, 11) is 0. The molecule has 0 spiro atoms. The first-order chi connectivity index (χ1) is 9.35. The van der Waals surface area contributed by atoms with Crippen molar-refractivity contribution < 1.29 is 4.74 Å². The molecule has 0 aliphatic carbocycles. The van der Waals surface area contributed by atoms with Crippen molar-refractivity contribution in [1.29, 1.82) is 0 Å². The molecule has 3 nitrogen and oxygen atoms in total. The highest BCUT2D eigenvalue weighted by Crippen LogP contribution is 2.36. The third-order valence-corrected chi connectivity index (χ3v) is 4.82. The molecule has 1 fully saturated rings. The molecular weight excluding hydrogens is 256 g/mol. The van der Waals surface area contributed by atoms with E-state index in [-0.39, 0.29) is 0 Å². The molecule has 0 aromatic carbocycles. The van der Waals surface area contributed by atoms with E-state index in [1.807, 2.05) is 13.1 Å². The van der Waals surface area contributed by atoms with Crippen LogP contribution in [0.5, 0.6) is 5.75 Å². The predicted octanol–water partition coefficient (Wildman–Crippen LogP) is 3.42. The summed E-state index contributed by atoms with van der Waals surface area (Å²) in [5.74, 6) is 2.17. The van der Waals surface area contributed by atoms with Gasteiger partial charge in [0.25, 0.3) is 0 Å². The fraction of sp³-hybridized carbons (Fsp3) is 0.667. The van der Waals surface area contributed by atoms with Gasteiger partial charge >= 0.3 is 0 Å². The van der Waals surface area contributed by atoms with Crippen molar-refractivity contribution in [3.05, 3.63) is 24.0 Å². The van der Waals surface area contributed by atoms with Crippen molar-refractivity contribution >= 4 is 11.8 Å². The predicted molar refractivity (Wildman–Crippen MR) is 81.9 cm³/mol. The normalized spacial score (nSPS) is 20.4. The molecule has 2 unspecified atom stereocenters. The average Bonchev–Trinajstić information content (AvgIpc) is 2.94. The Balaban J connectivity index is 2.13. The van der Waals surface area contributed by atoms with Crippen LogP contribution in [0.15, 0.2) is 18.5 Å². The van der Waals surface area contributed by atoms with E-state index in [2.05, 4.69) is 35.1 Å². The lowest BCUT2D eigenvalue weighted by atomic mass is 10.0. The first-order valence-electron chi connectivity index (χ1n) is 7.27. The van der Waals surface area contributed by atoms with E-state index >= 15 is 0 Å². The Kier molecular flexibility index (Phi) is 5.98. The van der Waals surface area contributed by atoms with Crippen molar-refractivity contribution in [3.63, 3.8) is 0 Å². The van der Waals surface area contributed by atoms with Gasteiger partial charge < -0.3 is 10.1 Å². The minimum absolute atomic E-state index is 0.403. The minimum atomic E-state index is 0.403. The van der Waals surface area contributed by atoms with Crippen molar-refractivity contribution in [2.45, 2.75) is 44.4 Å². The first kappa shape index (κ1) is 14.7. The molecule has 19 heavy (non-hydrogen) atoms. The fourth-order valence-corrected chi connectivity index (χ4v) is 3.90. The van der Waals surface area contributed by atoms with Crippen molar-refractivity contribution in [2.24, 2.45) is 0 Å². The van der Waals surface area contributed by atoms with Gasteiger partial charge in [-0.15, -0.1) is 0 Å². The van der Waals surface area contributed by atoms with Crippen molar-refractivity contribution in [3.8, 4) is 5.75 Å². The lowest BCUT2D eigenvalue weighted by Crippen LogP contribution is -2.29. The largest absolute Gasteiger partial charge is 0.492 e. The number of hydrogen-bond donors (Lipinski definition) is 1. The van der Waals surface area contributed by atoms with Crippen molar-refractivity contribution in [2.75, 3.05) is 18.9 Å². The Bertz CT molecular complexity index is 380. The van der Waals surface area contributed by atoms with E-state index < -0.39 is 0 Å². The zero-order valence-corrected chi connectivity index (χ0v) is 12.7. The maximum absolute atomic E-state index is 5.57. The Morgan fingerprint density at radius 1 is 1.47 bits per heavy atom. The van der Waals surface area contributed by atoms with Crippen LogP contribution in [0.1, 0.15) is 44.7 Å². The molecule has 4 heteroatoms. The number of nitrogens with one attached hydrogen (secondary N) is 1. The number of thioether (sulfide) groups is 1. The molecule has 0 radical (unpaired) electrons. The Labute approximate surface area is 120 Å². The molecule has 0 bridgehead atoms. The molecule has 1 aromatic heterocycles. The van der Waals surface area contributed by atoms with E-state index in [1.165, 1.54) is 24.2 Å². The van der Waals surface area contributed by atoms with Crippen molar-refractivity contribution in [1.82, 2.24) is 10.3 Å². The van der Waals surface area contributed by atoms with E-state index in [4.69, 9.17) is 4.74 Å². The van der Waals surface area contributed by atoms with E-state index in [9.17, 15) is 0 Å². The number of ether oxygens (including phenoxy) is 1. The number of rotatable bonds is 7. The first-order valence-corrected chi connectivity index (χ1v) is 8.32. The van der Waals surface area contributed by atoms with E-state index in [1.54, 1.807) is 6.20 Å². The van der Waals surface area contributed by atoms with Gasteiger partial charge in [-0.25, -0.2) is 0 Å². The second-order valence-corrected chi connectivity index (χ2v) is 6.22. The smallest absolute Gasteiger partial charge is 0.137 e. The molecule has 2 rings (SSSR count). The summed E-state index contributed by atoms with van der Waals surface area (Å²) in [4.78, 5) is 4.33. The van der Waals surface area contributed by atoms with Gasteiger partial charge in [-0.05, 0) is 50.1 Å². The maximum Gasteiger partial charge on any atom is 0.137 e. The monoisotopic (exact) mass is 280 g/mol. The molecule has 1 aromatic rings. The Hall–Kier alpha value is -0.740. The number of pyridine rings is 1. The van der Waals surface area contributed by atoms with E-state index in [0.29, 0.717) is 17.9 Å². The standard InChI is InChI=1S/C15H24N2OS/c1-3-7-17-15(14-6-5-8-19-14)12-9-13(18-4-2)11-16-10-12/h9-11,14-15,17H,3-8H2,1-2H3.